The number of nitrogens with zero attached hydrogens (tertiary/aromatic N) is 1. The Morgan fingerprint density at radius 1 is 1.43 bits per heavy atom. The normalized spacial score (nSPS) is 24.6. The van der Waals surface area contributed by atoms with Crippen LogP contribution in [-0.4, -0.2) is 30.2 Å². The van der Waals surface area contributed by atoms with E-state index in [2.05, 4.69) is 48.3 Å². The molecule has 1 aromatic rings. The van der Waals surface area contributed by atoms with Crippen molar-refractivity contribution in [1.29, 1.82) is 0 Å². The first-order valence-electron chi connectivity index (χ1n) is 11.2. The lowest BCUT2D eigenvalue weighted by Crippen LogP contribution is -2.24. The summed E-state index contributed by atoms with van der Waals surface area (Å²) in [6.45, 7) is 9.60. The molecule has 0 saturated carbocycles. The van der Waals surface area contributed by atoms with Gasteiger partial charge in [-0.15, -0.1) is 0 Å². The zero-order chi connectivity index (χ0) is 21.6. The molecule has 30 heavy (non-hydrogen) atoms. The molecule has 3 N–H and O–H groups in total. The predicted molar refractivity (Wildman–Crippen MR) is 126 cm³/mol. The van der Waals surface area contributed by atoms with Gasteiger partial charge < -0.3 is 15.7 Å². The van der Waals surface area contributed by atoms with Crippen molar-refractivity contribution in [2.24, 2.45) is 16.4 Å². The van der Waals surface area contributed by atoms with Crippen LogP contribution in [0.5, 0.6) is 0 Å². The van der Waals surface area contributed by atoms with Crippen LogP contribution in [0.25, 0.3) is 12.2 Å². The fourth-order valence-electron chi connectivity index (χ4n) is 4.53. The topological polar surface area (TPSA) is 69.3 Å². The number of aromatic nitrogens is 1. The molecule has 1 amide bonds. The molecule has 0 radical (unpaired) electrons. The summed E-state index contributed by atoms with van der Waals surface area (Å²) in [6, 6.07) is 2.11. The first-order valence-corrected chi connectivity index (χ1v) is 11.2. The van der Waals surface area contributed by atoms with E-state index in [0.29, 0.717) is 17.8 Å². The molecule has 3 rings (SSSR count). The molecule has 1 aromatic heterocycles. The van der Waals surface area contributed by atoms with Gasteiger partial charge in [0.1, 0.15) is 5.71 Å². The van der Waals surface area contributed by atoms with Gasteiger partial charge in [0.25, 0.3) is 0 Å². The SMILES string of the molecule is C=Cc1cc(C2=NNCC3C=C2CCCCC(C)(CC)C3)[nH]c1/C=C\CC(=O)NC. The molecule has 0 spiro atoms. The molecular formula is C25H36N4O. The molecule has 0 saturated heterocycles. The lowest BCUT2D eigenvalue weighted by atomic mass is 9.75. The van der Waals surface area contributed by atoms with Crippen molar-refractivity contribution in [1.82, 2.24) is 15.7 Å². The molecule has 162 valence electrons. The lowest BCUT2D eigenvalue weighted by molar-refractivity contribution is -0.119. The number of rotatable bonds is 6. The number of H-pyrrole nitrogens is 1. The molecule has 2 aliphatic rings. The number of amides is 1. The Bertz CT molecular complexity index is 860. The van der Waals surface area contributed by atoms with Crippen molar-refractivity contribution in [2.75, 3.05) is 13.6 Å². The third kappa shape index (κ3) is 5.32. The third-order valence-corrected chi connectivity index (χ3v) is 6.59. The van der Waals surface area contributed by atoms with E-state index in [4.69, 9.17) is 5.10 Å². The van der Waals surface area contributed by atoms with Crippen molar-refractivity contribution in [3.05, 3.63) is 47.3 Å². The van der Waals surface area contributed by atoms with E-state index in [1.54, 1.807) is 7.05 Å². The second-order valence-electron chi connectivity index (χ2n) is 8.89. The van der Waals surface area contributed by atoms with Gasteiger partial charge in [-0.2, -0.15) is 5.10 Å². The molecule has 5 nitrogen and oxygen atoms in total. The second kappa shape index (κ2) is 9.96. The third-order valence-electron chi connectivity index (χ3n) is 6.59. The summed E-state index contributed by atoms with van der Waals surface area (Å²) in [6.07, 6.45) is 15.7. The van der Waals surface area contributed by atoms with Crippen molar-refractivity contribution in [2.45, 2.75) is 58.8 Å². The van der Waals surface area contributed by atoms with Gasteiger partial charge >= 0.3 is 0 Å². The molecule has 2 heterocycles. The van der Waals surface area contributed by atoms with E-state index in [1.165, 1.54) is 37.7 Å². The number of hydrogen-bond acceptors (Lipinski definition) is 3. The fourth-order valence-corrected chi connectivity index (χ4v) is 4.53. The minimum absolute atomic E-state index is 0.00334. The molecule has 2 unspecified atom stereocenters. The Labute approximate surface area is 180 Å². The van der Waals surface area contributed by atoms with Gasteiger partial charge in [-0.05, 0) is 60.3 Å². The van der Waals surface area contributed by atoms with Crippen LogP contribution in [0.4, 0.5) is 0 Å². The number of hydrogen-bond donors (Lipinski definition) is 3. The number of nitrogens with one attached hydrogen (secondary N) is 3. The Hall–Kier alpha value is -2.56. The highest BCUT2D eigenvalue weighted by Gasteiger charge is 2.29. The highest BCUT2D eigenvalue weighted by atomic mass is 16.1. The largest absolute Gasteiger partial charge is 0.359 e. The van der Waals surface area contributed by atoms with Crippen LogP contribution < -0.4 is 10.7 Å². The number of aromatic amines is 1. The van der Waals surface area contributed by atoms with Gasteiger partial charge in [0.15, 0.2) is 0 Å². The molecule has 0 fully saturated rings. The van der Waals surface area contributed by atoms with Crippen LogP contribution >= 0.6 is 0 Å². The summed E-state index contributed by atoms with van der Waals surface area (Å²) >= 11 is 0. The maximum Gasteiger partial charge on any atom is 0.223 e. The Kier molecular flexibility index (Phi) is 7.35. The summed E-state index contributed by atoms with van der Waals surface area (Å²) in [4.78, 5) is 15.0. The summed E-state index contributed by atoms with van der Waals surface area (Å²) in [5, 5.41) is 7.42. The molecule has 2 bridgehead atoms. The Morgan fingerprint density at radius 2 is 2.27 bits per heavy atom. The summed E-state index contributed by atoms with van der Waals surface area (Å²) in [5.74, 6) is 0.501. The molecule has 1 aliphatic carbocycles. The van der Waals surface area contributed by atoms with E-state index < -0.39 is 0 Å². The molecule has 5 heteroatoms. The van der Waals surface area contributed by atoms with E-state index in [-0.39, 0.29) is 5.91 Å². The minimum atomic E-state index is -0.00334. The Morgan fingerprint density at radius 3 is 3.00 bits per heavy atom. The summed E-state index contributed by atoms with van der Waals surface area (Å²) < 4.78 is 0. The summed E-state index contributed by atoms with van der Waals surface area (Å²) in [5.41, 5.74) is 9.06. The molecule has 2 atom stereocenters. The number of hydrazone groups is 1. The van der Waals surface area contributed by atoms with Gasteiger partial charge in [-0.1, -0.05) is 51.5 Å². The van der Waals surface area contributed by atoms with E-state index in [1.807, 2.05) is 18.2 Å². The first kappa shape index (κ1) is 22.1. The maximum atomic E-state index is 11.5. The Balaban J connectivity index is 1.88. The van der Waals surface area contributed by atoms with E-state index in [9.17, 15) is 4.79 Å². The van der Waals surface area contributed by atoms with Gasteiger partial charge in [0.2, 0.25) is 5.91 Å². The van der Waals surface area contributed by atoms with Crippen molar-refractivity contribution < 1.29 is 4.79 Å². The average molecular weight is 409 g/mol. The number of carbonyl (C=O) groups excluding carboxylic acids is 1. The van der Waals surface area contributed by atoms with Gasteiger partial charge in [0.05, 0.1) is 5.69 Å². The van der Waals surface area contributed by atoms with Gasteiger partial charge in [-0.3, -0.25) is 4.79 Å². The number of fused-ring (bicyclic) bond motifs is 1. The molecular weight excluding hydrogens is 372 g/mol. The average Bonchev–Trinajstić information content (AvgIpc) is 3.08. The van der Waals surface area contributed by atoms with Crippen LogP contribution in [0.15, 0.2) is 35.5 Å². The fraction of sp³-hybridized carbons (Fsp3) is 0.520. The van der Waals surface area contributed by atoms with Crippen molar-refractivity contribution in [3.8, 4) is 0 Å². The first-order chi connectivity index (χ1) is 14.5. The highest BCUT2D eigenvalue weighted by molar-refractivity contribution is 6.12. The van der Waals surface area contributed by atoms with Crippen LogP contribution in [0.1, 0.15) is 75.7 Å². The van der Waals surface area contributed by atoms with E-state index in [0.717, 1.165) is 35.6 Å². The summed E-state index contributed by atoms with van der Waals surface area (Å²) in [7, 11) is 1.65. The maximum absolute atomic E-state index is 11.5. The van der Waals surface area contributed by atoms with Gasteiger partial charge in [0, 0.05) is 25.7 Å². The zero-order valence-electron chi connectivity index (χ0n) is 18.7. The van der Waals surface area contributed by atoms with E-state index >= 15 is 0 Å². The van der Waals surface area contributed by atoms with Crippen LogP contribution in [0, 0.1) is 11.3 Å². The smallest absolute Gasteiger partial charge is 0.223 e. The molecule has 1 aliphatic heterocycles. The zero-order valence-corrected chi connectivity index (χ0v) is 18.7. The van der Waals surface area contributed by atoms with Crippen LogP contribution in [0.2, 0.25) is 0 Å². The number of allylic oxidation sites excluding steroid dienone is 1. The van der Waals surface area contributed by atoms with Crippen LogP contribution in [-0.2, 0) is 4.79 Å². The number of carbonyl (C=O) groups is 1. The quantitative estimate of drug-likeness (QED) is 0.617. The standard InChI is InChI=1S/C25H36N4O/c1-5-19-15-22(28-21(19)11-9-12-23(30)26-4)24-20-10-7-8-13-25(3,6-2)16-18(14-20)17-27-29-24/h5,9,11,14-15,18,27-28H,1,6-8,10,12-13,16-17H2,2-4H3,(H,26,30)/b11-9-. The van der Waals surface area contributed by atoms with Crippen molar-refractivity contribution in [3.63, 3.8) is 0 Å². The van der Waals surface area contributed by atoms with Gasteiger partial charge in [-0.25, -0.2) is 0 Å². The predicted octanol–water partition coefficient (Wildman–Crippen LogP) is 5.04. The lowest BCUT2D eigenvalue weighted by Gasteiger charge is -2.31. The second-order valence-corrected chi connectivity index (χ2v) is 8.89. The highest BCUT2D eigenvalue weighted by Crippen LogP contribution is 2.38. The van der Waals surface area contributed by atoms with Crippen LogP contribution in [0.3, 0.4) is 0 Å². The minimum Gasteiger partial charge on any atom is -0.359 e. The van der Waals surface area contributed by atoms with Crippen molar-refractivity contribution >= 4 is 23.8 Å². The molecule has 0 aromatic carbocycles. The monoisotopic (exact) mass is 408 g/mol.